The van der Waals surface area contributed by atoms with Crippen LogP contribution in [0.25, 0.3) is 0 Å². The van der Waals surface area contributed by atoms with Crippen LogP contribution < -0.4 is 16.0 Å². The second-order valence-corrected chi connectivity index (χ2v) is 6.75. The number of aliphatic carboxylic acids is 1. The maximum atomic E-state index is 12.8. The summed E-state index contributed by atoms with van der Waals surface area (Å²) < 4.78 is 0. The molecule has 1 aromatic rings. The third-order valence-electron chi connectivity index (χ3n) is 4.75. The molecule has 0 saturated heterocycles. The third kappa shape index (κ3) is 5.84. The van der Waals surface area contributed by atoms with Crippen LogP contribution in [0.4, 0.5) is 4.79 Å². The van der Waals surface area contributed by atoms with Crippen LogP contribution in [0.3, 0.4) is 0 Å². The van der Waals surface area contributed by atoms with Gasteiger partial charge in [0.25, 0.3) is 0 Å². The largest absolute Gasteiger partial charge is 0.480 e. The Morgan fingerprint density at radius 2 is 1.85 bits per heavy atom. The molecule has 7 nitrogen and oxygen atoms in total. The van der Waals surface area contributed by atoms with Gasteiger partial charge in [-0.2, -0.15) is 0 Å². The average Bonchev–Trinajstić information content (AvgIpc) is 3.13. The summed E-state index contributed by atoms with van der Waals surface area (Å²) in [5.74, 6) is -1.53. The zero-order valence-corrected chi connectivity index (χ0v) is 15.5. The third-order valence-corrected chi connectivity index (χ3v) is 4.75. The first-order valence-corrected chi connectivity index (χ1v) is 9.22. The summed E-state index contributed by atoms with van der Waals surface area (Å²) >= 11 is 0. The molecule has 0 radical (unpaired) electrons. The van der Waals surface area contributed by atoms with Crippen molar-refractivity contribution in [2.75, 3.05) is 0 Å². The Morgan fingerprint density at radius 1 is 1.19 bits per heavy atom. The lowest BCUT2D eigenvalue weighted by atomic mass is 9.95. The molecule has 2 rings (SSSR count). The fourth-order valence-corrected chi connectivity index (χ4v) is 3.22. The topological polar surface area (TPSA) is 108 Å². The van der Waals surface area contributed by atoms with Crippen LogP contribution in [0, 0.1) is 0 Å². The Hall–Kier alpha value is -2.83. The number of carboxylic acid groups (broad SMARTS) is 1. The van der Waals surface area contributed by atoms with Crippen molar-refractivity contribution in [1.82, 2.24) is 16.0 Å². The first-order valence-electron chi connectivity index (χ1n) is 9.22. The van der Waals surface area contributed by atoms with Gasteiger partial charge >= 0.3 is 12.0 Å². The predicted octanol–water partition coefficient (Wildman–Crippen LogP) is 2.33. The minimum absolute atomic E-state index is 0.202. The fourth-order valence-electron chi connectivity index (χ4n) is 3.22. The van der Waals surface area contributed by atoms with Gasteiger partial charge in [-0.15, -0.1) is 0 Å². The Kier molecular flexibility index (Phi) is 7.40. The SMILES string of the molecule is C/C=C/CC(NC(=O)C1(NC(=O)NCc2ccccc2)CCCC1)C(=O)O. The van der Waals surface area contributed by atoms with E-state index in [1.165, 1.54) is 0 Å². The molecule has 0 aliphatic heterocycles. The smallest absolute Gasteiger partial charge is 0.326 e. The van der Waals surface area contributed by atoms with Gasteiger partial charge in [0, 0.05) is 6.54 Å². The fraction of sp³-hybridized carbons (Fsp3) is 0.450. The van der Waals surface area contributed by atoms with Gasteiger partial charge in [-0.3, -0.25) is 4.79 Å². The van der Waals surface area contributed by atoms with Crippen LogP contribution in [0.5, 0.6) is 0 Å². The molecular formula is C20H27N3O4. The van der Waals surface area contributed by atoms with E-state index >= 15 is 0 Å². The van der Waals surface area contributed by atoms with Crippen molar-refractivity contribution in [1.29, 1.82) is 0 Å². The highest BCUT2D eigenvalue weighted by Crippen LogP contribution is 2.30. The number of carbonyl (C=O) groups is 3. The number of carbonyl (C=O) groups excluding carboxylic acids is 2. The number of hydrogen-bond acceptors (Lipinski definition) is 3. The number of rotatable bonds is 8. The summed E-state index contributed by atoms with van der Waals surface area (Å²) in [7, 11) is 0. The maximum Gasteiger partial charge on any atom is 0.326 e. The summed E-state index contributed by atoms with van der Waals surface area (Å²) in [6.45, 7) is 2.14. The molecule has 1 fully saturated rings. The number of benzene rings is 1. The van der Waals surface area contributed by atoms with E-state index in [0.717, 1.165) is 18.4 Å². The number of urea groups is 1. The molecule has 1 saturated carbocycles. The molecule has 1 atom stereocenters. The molecule has 7 heteroatoms. The van der Waals surface area contributed by atoms with Crippen LogP contribution >= 0.6 is 0 Å². The summed E-state index contributed by atoms with van der Waals surface area (Å²) in [6, 6.07) is 8.02. The molecule has 1 unspecified atom stereocenters. The molecule has 1 aromatic carbocycles. The Bertz CT molecular complexity index is 682. The van der Waals surface area contributed by atoms with Crippen molar-refractivity contribution in [3.05, 3.63) is 48.0 Å². The molecule has 0 spiro atoms. The first kappa shape index (κ1) is 20.5. The maximum absolute atomic E-state index is 12.8. The molecule has 0 heterocycles. The van der Waals surface area contributed by atoms with Gasteiger partial charge in [0.05, 0.1) is 0 Å². The predicted molar refractivity (Wildman–Crippen MR) is 102 cm³/mol. The van der Waals surface area contributed by atoms with Crippen LogP contribution in [-0.4, -0.2) is 34.6 Å². The summed E-state index contributed by atoms with van der Waals surface area (Å²) in [5, 5.41) is 17.4. The molecule has 1 aliphatic rings. The van der Waals surface area contributed by atoms with Crippen molar-refractivity contribution in [2.24, 2.45) is 0 Å². The quantitative estimate of drug-likeness (QED) is 0.525. The second kappa shape index (κ2) is 9.75. The Morgan fingerprint density at radius 3 is 2.44 bits per heavy atom. The van der Waals surface area contributed by atoms with Crippen LogP contribution in [0.15, 0.2) is 42.5 Å². The number of carboxylic acids is 1. The number of hydrogen-bond donors (Lipinski definition) is 4. The number of allylic oxidation sites excluding steroid dienone is 1. The Labute approximate surface area is 159 Å². The molecule has 0 aromatic heterocycles. The van der Waals surface area contributed by atoms with E-state index in [0.29, 0.717) is 19.4 Å². The van der Waals surface area contributed by atoms with E-state index < -0.39 is 29.5 Å². The van der Waals surface area contributed by atoms with Gasteiger partial charge in [0.1, 0.15) is 11.6 Å². The average molecular weight is 373 g/mol. The lowest BCUT2D eigenvalue weighted by Crippen LogP contribution is -2.61. The molecule has 146 valence electrons. The van der Waals surface area contributed by atoms with E-state index in [1.807, 2.05) is 30.3 Å². The van der Waals surface area contributed by atoms with E-state index in [2.05, 4.69) is 16.0 Å². The molecule has 27 heavy (non-hydrogen) atoms. The number of nitrogens with one attached hydrogen (secondary N) is 3. The molecule has 1 aliphatic carbocycles. The molecular weight excluding hydrogens is 346 g/mol. The van der Waals surface area contributed by atoms with Crippen LogP contribution in [-0.2, 0) is 16.1 Å². The van der Waals surface area contributed by atoms with Gasteiger partial charge in [-0.25, -0.2) is 9.59 Å². The Balaban J connectivity index is 1.99. The van der Waals surface area contributed by atoms with Crippen LogP contribution in [0.1, 0.15) is 44.6 Å². The van der Waals surface area contributed by atoms with E-state index in [9.17, 15) is 19.5 Å². The summed E-state index contributed by atoms with van der Waals surface area (Å²) in [4.78, 5) is 36.6. The number of amides is 3. The molecule has 4 N–H and O–H groups in total. The first-order chi connectivity index (χ1) is 13.0. The lowest BCUT2D eigenvalue weighted by Gasteiger charge is -2.30. The van der Waals surface area contributed by atoms with Crippen molar-refractivity contribution in [3.8, 4) is 0 Å². The van der Waals surface area contributed by atoms with Gasteiger partial charge < -0.3 is 21.1 Å². The van der Waals surface area contributed by atoms with Crippen molar-refractivity contribution in [3.63, 3.8) is 0 Å². The highest BCUT2D eigenvalue weighted by molar-refractivity contribution is 5.93. The van der Waals surface area contributed by atoms with Gasteiger partial charge in [0.2, 0.25) is 5.91 Å². The molecule has 3 amide bonds. The van der Waals surface area contributed by atoms with Crippen molar-refractivity contribution in [2.45, 2.75) is 57.2 Å². The zero-order valence-electron chi connectivity index (χ0n) is 15.5. The van der Waals surface area contributed by atoms with Crippen molar-refractivity contribution >= 4 is 17.9 Å². The van der Waals surface area contributed by atoms with Gasteiger partial charge in [-0.1, -0.05) is 55.3 Å². The highest BCUT2D eigenvalue weighted by atomic mass is 16.4. The highest BCUT2D eigenvalue weighted by Gasteiger charge is 2.43. The van der Waals surface area contributed by atoms with Crippen LogP contribution in [0.2, 0.25) is 0 Å². The second-order valence-electron chi connectivity index (χ2n) is 6.75. The minimum Gasteiger partial charge on any atom is -0.480 e. The van der Waals surface area contributed by atoms with E-state index in [4.69, 9.17) is 0 Å². The van der Waals surface area contributed by atoms with Gasteiger partial charge in [-0.05, 0) is 31.7 Å². The normalized spacial score (nSPS) is 16.6. The monoisotopic (exact) mass is 373 g/mol. The van der Waals surface area contributed by atoms with Crippen molar-refractivity contribution < 1.29 is 19.5 Å². The lowest BCUT2D eigenvalue weighted by molar-refractivity contribution is -0.142. The molecule has 0 bridgehead atoms. The van der Waals surface area contributed by atoms with E-state index in [-0.39, 0.29) is 6.42 Å². The summed E-state index contributed by atoms with van der Waals surface area (Å²) in [5.41, 5.74) is -0.111. The van der Waals surface area contributed by atoms with E-state index in [1.54, 1.807) is 19.1 Å². The minimum atomic E-state index is -1.09. The summed E-state index contributed by atoms with van der Waals surface area (Å²) in [6.07, 6.45) is 6.23. The van der Waals surface area contributed by atoms with Gasteiger partial charge in [0.15, 0.2) is 0 Å². The standard InChI is InChI=1S/C20H27N3O4/c1-2-3-11-16(17(24)25)22-18(26)20(12-7-8-13-20)23-19(27)21-14-15-9-5-4-6-10-15/h2-6,9-10,16H,7-8,11-14H2,1H3,(H,22,26)(H,24,25)(H2,21,23,27)/b3-2+. The zero-order chi connectivity index (χ0) is 19.7.